The van der Waals surface area contributed by atoms with E-state index in [1.54, 1.807) is 4.90 Å². The molecule has 1 aromatic carbocycles. The molecule has 1 amide bonds. The molecule has 0 atom stereocenters. The molecule has 0 heterocycles. The van der Waals surface area contributed by atoms with Crippen LogP contribution in [-0.2, 0) is 0 Å². The molecule has 1 rings (SSSR count). The van der Waals surface area contributed by atoms with Gasteiger partial charge in [-0.1, -0.05) is 0 Å². The summed E-state index contributed by atoms with van der Waals surface area (Å²) in [7, 11) is 0. The van der Waals surface area contributed by atoms with Gasteiger partial charge in [0.15, 0.2) is 0 Å². The lowest BCUT2D eigenvalue weighted by Crippen LogP contribution is -2.37. The Hall–Kier alpha value is -1.36. The lowest BCUT2D eigenvalue weighted by atomic mass is 10.1. The fourth-order valence-corrected chi connectivity index (χ4v) is 1.89. The third-order valence-electron chi connectivity index (χ3n) is 2.74. The molecule has 0 radical (unpaired) electrons. The predicted molar refractivity (Wildman–Crippen MR) is 74.6 cm³/mol. The molecule has 0 saturated carbocycles. The molecule has 0 aliphatic rings. The third kappa shape index (κ3) is 4.96. The molecule has 0 unspecified atom stereocenters. The van der Waals surface area contributed by atoms with Crippen molar-refractivity contribution in [2.45, 2.75) is 32.9 Å². The normalized spacial score (nSPS) is 10.9. The minimum Gasteiger partial charge on any atom is -0.435 e. The molecule has 0 spiro atoms. The number of halogens is 3. The number of amides is 1. The van der Waals surface area contributed by atoms with E-state index in [1.807, 2.05) is 13.8 Å². The Balaban J connectivity index is 2.78. The van der Waals surface area contributed by atoms with Crippen molar-refractivity contribution < 1.29 is 18.3 Å². The van der Waals surface area contributed by atoms with Crippen LogP contribution >= 0.6 is 11.6 Å². The SMILES string of the molecule is CC(C)N(CCCCl)C(=O)c1ccc(OC(F)F)cc1. The lowest BCUT2D eigenvalue weighted by molar-refractivity contribution is -0.0498. The summed E-state index contributed by atoms with van der Waals surface area (Å²) in [5, 5.41) is 0. The van der Waals surface area contributed by atoms with Gasteiger partial charge in [0, 0.05) is 24.0 Å². The number of hydrogen-bond acceptors (Lipinski definition) is 2. The molecule has 20 heavy (non-hydrogen) atoms. The zero-order valence-electron chi connectivity index (χ0n) is 11.5. The van der Waals surface area contributed by atoms with Gasteiger partial charge >= 0.3 is 6.61 Å². The van der Waals surface area contributed by atoms with E-state index in [1.165, 1.54) is 24.3 Å². The van der Waals surface area contributed by atoms with Gasteiger partial charge in [-0.2, -0.15) is 8.78 Å². The summed E-state index contributed by atoms with van der Waals surface area (Å²) in [6.45, 7) is 1.53. The Labute approximate surface area is 122 Å². The van der Waals surface area contributed by atoms with E-state index in [9.17, 15) is 13.6 Å². The second-order valence-electron chi connectivity index (χ2n) is 4.54. The van der Waals surface area contributed by atoms with E-state index in [2.05, 4.69) is 4.74 Å². The quantitative estimate of drug-likeness (QED) is 0.718. The first-order chi connectivity index (χ1) is 9.45. The predicted octanol–water partition coefficient (Wildman–Crippen LogP) is 3.77. The largest absolute Gasteiger partial charge is 0.435 e. The van der Waals surface area contributed by atoms with Crippen LogP contribution in [0, 0.1) is 0 Å². The summed E-state index contributed by atoms with van der Waals surface area (Å²) in [5.74, 6) is 0.375. The highest BCUT2D eigenvalue weighted by Gasteiger charge is 2.18. The zero-order valence-corrected chi connectivity index (χ0v) is 12.2. The summed E-state index contributed by atoms with van der Waals surface area (Å²) in [5.41, 5.74) is 0.440. The fraction of sp³-hybridized carbons (Fsp3) is 0.500. The van der Waals surface area contributed by atoms with Crippen LogP contribution in [0.25, 0.3) is 0 Å². The maximum atomic E-state index is 12.3. The number of benzene rings is 1. The monoisotopic (exact) mass is 305 g/mol. The van der Waals surface area contributed by atoms with E-state index in [4.69, 9.17) is 11.6 Å². The van der Waals surface area contributed by atoms with Gasteiger partial charge in [-0.05, 0) is 44.5 Å². The Morgan fingerprint density at radius 1 is 1.30 bits per heavy atom. The first-order valence-corrected chi connectivity index (χ1v) is 6.91. The minimum absolute atomic E-state index is 0.0356. The van der Waals surface area contributed by atoms with Crippen LogP contribution in [0.2, 0.25) is 0 Å². The molecule has 0 aliphatic carbocycles. The van der Waals surface area contributed by atoms with Gasteiger partial charge in [0.1, 0.15) is 5.75 Å². The summed E-state index contributed by atoms with van der Waals surface area (Å²) >= 11 is 5.64. The van der Waals surface area contributed by atoms with Crippen LogP contribution in [0.5, 0.6) is 5.75 Å². The number of rotatable bonds is 7. The number of hydrogen-bond donors (Lipinski definition) is 0. The first kappa shape index (κ1) is 16.7. The highest BCUT2D eigenvalue weighted by atomic mass is 35.5. The highest BCUT2D eigenvalue weighted by molar-refractivity contribution is 6.17. The van der Waals surface area contributed by atoms with Crippen LogP contribution in [0.15, 0.2) is 24.3 Å². The molecule has 6 heteroatoms. The molecule has 0 bridgehead atoms. The summed E-state index contributed by atoms with van der Waals surface area (Å²) in [6.07, 6.45) is 0.706. The molecule has 0 aromatic heterocycles. The number of ether oxygens (including phenoxy) is 1. The van der Waals surface area contributed by atoms with Gasteiger partial charge in [0.2, 0.25) is 0 Å². The first-order valence-electron chi connectivity index (χ1n) is 6.37. The molecule has 3 nitrogen and oxygen atoms in total. The van der Waals surface area contributed by atoms with Crippen LogP contribution in [0.4, 0.5) is 8.78 Å². The van der Waals surface area contributed by atoms with Crippen molar-refractivity contribution in [1.82, 2.24) is 4.90 Å². The Morgan fingerprint density at radius 2 is 1.90 bits per heavy atom. The van der Waals surface area contributed by atoms with Gasteiger partial charge in [-0.3, -0.25) is 4.79 Å². The van der Waals surface area contributed by atoms with Crippen LogP contribution in [0.3, 0.4) is 0 Å². The standard InChI is InChI=1S/C14H18ClF2NO2/c1-10(2)18(9-3-8-15)13(19)11-4-6-12(7-5-11)20-14(16)17/h4-7,10,14H,3,8-9H2,1-2H3. The smallest absolute Gasteiger partial charge is 0.387 e. The van der Waals surface area contributed by atoms with Crippen molar-refractivity contribution in [2.75, 3.05) is 12.4 Å². The van der Waals surface area contributed by atoms with Crippen molar-refractivity contribution >= 4 is 17.5 Å². The number of carbonyl (C=O) groups excluding carboxylic acids is 1. The summed E-state index contributed by atoms with van der Waals surface area (Å²) < 4.78 is 28.3. The molecule has 112 valence electrons. The molecule has 0 N–H and O–H groups in total. The second kappa shape index (κ2) is 8.04. The minimum atomic E-state index is -2.87. The molecular weight excluding hydrogens is 288 g/mol. The van der Waals surface area contributed by atoms with Gasteiger partial charge in [-0.15, -0.1) is 11.6 Å². The molecular formula is C14H18ClF2NO2. The van der Waals surface area contributed by atoms with Crippen molar-refractivity contribution in [3.05, 3.63) is 29.8 Å². The molecule has 1 aromatic rings. The van der Waals surface area contributed by atoms with Crippen molar-refractivity contribution in [3.63, 3.8) is 0 Å². The van der Waals surface area contributed by atoms with Gasteiger partial charge < -0.3 is 9.64 Å². The van der Waals surface area contributed by atoms with E-state index >= 15 is 0 Å². The van der Waals surface area contributed by atoms with Gasteiger partial charge in [-0.25, -0.2) is 0 Å². The third-order valence-corrected chi connectivity index (χ3v) is 3.01. The van der Waals surface area contributed by atoms with E-state index in [-0.39, 0.29) is 17.7 Å². The number of alkyl halides is 3. The van der Waals surface area contributed by atoms with Crippen molar-refractivity contribution in [3.8, 4) is 5.75 Å². The number of carbonyl (C=O) groups is 1. The van der Waals surface area contributed by atoms with Crippen molar-refractivity contribution in [1.29, 1.82) is 0 Å². The maximum Gasteiger partial charge on any atom is 0.387 e. The zero-order chi connectivity index (χ0) is 15.1. The lowest BCUT2D eigenvalue weighted by Gasteiger charge is -2.26. The average molecular weight is 306 g/mol. The highest BCUT2D eigenvalue weighted by Crippen LogP contribution is 2.17. The van der Waals surface area contributed by atoms with Crippen LogP contribution < -0.4 is 4.74 Å². The molecule has 0 fully saturated rings. The van der Waals surface area contributed by atoms with Crippen LogP contribution in [0.1, 0.15) is 30.6 Å². The topological polar surface area (TPSA) is 29.5 Å². The maximum absolute atomic E-state index is 12.3. The van der Waals surface area contributed by atoms with E-state index in [0.717, 1.165) is 0 Å². The van der Waals surface area contributed by atoms with Crippen LogP contribution in [-0.4, -0.2) is 35.9 Å². The Morgan fingerprint density at radius 3 is 2.35 bits per heavy atom. The Kier molecular flexibility index (Phi) is 6.71. The van der Waals surface area contributed by atoms with E-state index < -0.39 is 6.61 Å². The van der Waals surface area contributed by atoms with Gasteiger partial charge in [0.05, 0.1) is 0 Å². The molecule has 0 saturated heterocycles. The van der Waals surface area contributed by atoms with Crippen molar-refractivity contribution in [2.24, 2.45) is 0 Å². The average Bonchev–Trinajstić information content (AvgIpc) is 2.38. The fourth-order valence-electron chi connectivity index (χ4n) is 1.77. The van der Waals surface area contributed by atoms with Gasteiger partial charge in [0.25, 0.3) is 5.91 Å². The van der Waals surface area contributed by atoms with E-state index in [0.29, 0.717) is 24.4 Å². The summed E-state index contributed by atoms with van der Waals surface area (Å²) in [4.78, 5) is 14.0. The Bertz CT molecular complexity index is 424. The summed E-state index contributed by atoms with van der Waals surface area (Å²) in [6, 6.07) is 5.73. The number of nitrogens with zero attached hydrogens (tertiary/aromatic N) is 1. The second-order valence-corrected chi connectivity index (χ2v) is 4.92. The molecule has 0 aliphatic heterocycles.